The highest BCUT2D eigenvalue weighted by molar-refractivity contribution is 5.66. The molecule has 2 aromatic heterocycles. The van der Waals surface area contributed by atoms with Crippen molar-refractivity contribution in [3.8, 4) is 0 Å². The molecule has 0 bridgehead atoms. The van der Waals surface area contributed by atoms with Gasteiger partial charge in [-0.2, -0.15) is 5.10 Å². The maximum atomic E-state index is 11.0. The average molecular weight is 443 g/mol. The van der Waals surface area contributed by atoms with Crippen LogP contribution in [0.5, 0.6) is 0 Å². The topological polar surface area (TPSA) is 166 Å². The van der Waals surface area contributed by atoms with Crippen LogP contribution in [-0.2, 0) is 23.9 Å². The van der Waals surface area contributed by atoms with E-state index < -0.39 is 5.60 Å². The molecule has 1 aliphatic heterocycles. The number of aldehydes is 1. The molecule has 11 heteroatoms. The lowest BCUT2D eigenvalue weighted by atomic mass is 10.0. The number of nitrogen functional groups attached to an aromatic ring is 1. The fraction of sp³-hybridized carbons (Fsp3) is 0.550. The summed E-state index contributed by atoms with van der Waals surface area (Å²) in [4.78, 5) is 32.1. The molecule has 0 saturated carbocycles. The summed E-state index contributed by atoms with van der Waals surface area (Å²) in [6.07, 6.45) is 3.74. The van der Waals surface area contributed by atoms with Gasteiger partial charge in [-0.05, 0) is 38.8 Å². The third-order valence-electron chi connectivity index (χ3n) is 3.78. The van der Waals surface area contributed by atoms with E-state index in [0.29, 0.717) is 5.82 Å². The SMILES string of the molecule is CC.CC(=O)OC[C@]1(C)CCC(c2ccc3c(N)ncnn23)O1.CC=O.CO.O=CO. The first-order valence-corrected chi connectivity index (χ1v) is 9.63. The fourth-order valence-corrected chi connectivity index (χ4v) is 2.68. The Kier molecular flexibility index (Phi) is 16.3. The van der Waals surface area contributed by atoms with Crippen LogP contribution in [0.4, 0.5) is 5.82 Å². The highest BCUT2D eigenvalue weighted by Gasteiger charge is 2.39. The van der Waals surface area contributed by atoms with Gasteiger partial charge in [0.1, 0.15) is 36.4 Å². The Bertz CT molecular complexity index is 776. The van der Waals surface area contributed by atoms with Crippen molar-refractivity contribution in [2.24, 2.45) is 0 Å². The van der Waals surface area contributed by atoms with E-state index >= 15 is 0 Å². The summed E-state index contributed by atoms with van der Waals surface area (Å²) in [6, 6.07) is 3.83. The number of aliphatic hydroxyl groups excluding tert-OH is 1. The number of aliphatic hydroxyl groups is 1. The number of rotatable bonds is 3. The molecule has 1 saturated heterocycles. The van der Waals surface area contributed by atoms with Crippen LogP contribution in [0.25, 0.3) is 5.52 Å². The highest BCUT2D eigenvalue weighted by Crippen LogP contribution is 2.40. The summed E-state index contributed by atoms with van der Waals surface area (Å²) in [7, 11) is 1.00. The smallest absolute Gasteiger partial charge is 0.302 e. The van der Waals surface area contributed by atoms with Crippen LogP contribution in [0.3, 0.4) is 0 Å². The Morgan fingerprint density at radius 1 is 1.39 bits per heavy atom. The molecular formula is C20H34N4O7. The molecule has 2 atom stereocenters. The van der Waals surface area contributed by atoms with E-state index in [1.54, 1.807) is 4.52 Å². The lowest BCUT2D eigenvalue weighted by molar-refractivity contribution is -0.151. The molecule has 0 aliphatic carbocycles. The Labute approximate surface area is 182 Å². The predicted molar refractivity (Wildman–Crippen MR) is 115 cm³/mol. The van der Waals surface area contributed by atoms with Gasteiger partial charge in [0, 0.05) is 14.0 Å². The average Bonchev–Trinajstić information content (AvgIpc) is 3.36. The van der Waals surface area contributed by atoms with Crippen molar-refractivity contribution in [2.45, 2.75) is 59.2 Å². The Hall–Kier alpha value is -3.05. The minimum atomic E-state index is -0.459. The molecule has 4 N–H and O–H groups in total. The van der Waals surface area contributed by atoms with Gasteiger partial charge in [0.05, 0.1) is 5.69 Å². The van der Waals surface area contributed by atoms with Crippen molar-refractivity contribution in [1.82, 2.24) is 14.6 Å². The lowest BCUT2D eigenvalue weighted by Gasteiger charge is -2.24. The monoisotopic (exact) mass is 442 g/mol. The molecule has 31 heavy (non-hydrogen) atoms. The quantitative estimate of drug-likeness (QED) is 0.472. The van der Waals surface area contributed by atoms with Crippen LogP contribution < -0.4 is 5.73 Å². The first-order valence-electron chi connectivity index (χ1n) is 9.63. The number of ether oxygens (including phenoxy) is 2. The van der Waals surface area contributed by atoms with Crippen LogP contribution in [0, 0.1) is 0 Å². The third kappa shape index (κ3) is 10.0. The number of hydrogen-bond acceptors (Lipinski definition) is 9. The molecule has 3 rings (SSSR count). The second kappa shape index (κ2) is 16.7. The van der Waals surface area contributed by atoms with E-state index in [-0.39, 0.29) is 25.2 Å². The molecule has 3 heterocycles. The summed E-state index contributed by atoms with van der Waals surface area (Å²) in [6.45, 7) is 8.81. The number of carbonyl (C=O) groups is 3. The minimum absolute atomic E-state index is 0.0950. The van der Waals surface area contributed by atoms with E-state index in [9.17, 15) is 4.79 Å². The standard InChI is InChI=1S/C14H18N4O3.C2H4O.C2H6.CH2O2.CH4O/c1-9(19)20-7-14(2)6-5-12(21-14)10-3-4-11-13(15)16-8-17-18(10)11;1-2-3;1-2;2-1-3;1-2/h3-4,8,12H,5-7H2,1-2H3,(H2,15,16,17);2H,1H3;1-2H3;1H,(H,2,3);2H,1H3/t12?,14-;;;;/m0..../s1. The second-order valence-electron chi connectivity index (χ2n) is 5.92. The largest absolute Gasteiger partial charge is 0.483 e. The highest BCUT2D eigenvalue weighted by atomic mass is 16.6. The van der Waals surface area contributed by atoms with E-state index in [0.717, 1.165) is 37.4 Å². The van der Waals surface area contributed by atoms with Crippen molar-refractivity contribution in [3.05, 3.63) is 24.2 Å². The van der Waals surface area contributed by atoms with Crippen molar-refractivity contribution in [1.29, 1.82) is 0 Å². The van der Waals surface area contributed by atoms with Gasteiger partial charge in [0.15, 0.2) is 5.82 Å². The molecule has 0 spiro atoms. The van der Waals surface area contributed by atoms with Crippen LogP contribution >= 0.6 is 0 Å². The number of esters is 1. The molecule has 1 unspecified atom stereocenters. The van der Waals surface area contributed by atoms with E-state index in [2.05, 4.69) is 10.1 Å². The first-order chi connectivity index (χ1) is 14.8. The summed E-state index contributed by atoms with van der Waals surface area (Å²) in [5.41, 5.74) is 7.08. The zero-order valence-corrected chi connectivity index (χ0v) is 18.9. The molecule has 0 radical (unpaired) electrons. The van der Waals surface area contributed by atoms with Gasteiger partial charge >= 0.3 is 5.97 Å². The third-order valence-corrected chi connectivity index (χ3v) is 3.78. The van der Waals surface area contributed by atoms with Gasteiger partial charge in [0.25, 0.3) is 6.47 Å². The van der Waals surface area contributed by atoms with Gasteiger partial charge in [-0.15, -0.1) is 0 Å². The number of carbonyl (C=O) groups excluding carboxylic acids is 2. The number of nitrogens with zero attached hydrogens (tertiary/aromatic N) is 3. The second-order valence-corrected chi connectivity index (χ2v) is 5.92. The first kappa shape index (κ1) is 30.1. The molecule has 11 nitrogen and oxygen atoms in total. The van der Waals surface area contributed by atoms with Crippen LogP contribution in [0.2, 0.25) is 0 Å². The van der Waals surface area contributed by atoms with Gasteiger partial charge < -0.3 is 30.2 Å². The van der Waals surface area contributed by atoms with Gasteiger partial charge in [0.2, 0.25) is 0 Å². The van der Waals surface area contributed by atoms with Crippen molar-refractivity contribution in [2.75, 3.05) is 19.5 Å². The summed E-state index contributed by atoms with van der Waals surface area (Å²) in [5, 5.41) is 18.1. The maximum Gasteiger partial charge on any atom is 0.302 e. The number of hydrogen-bond donors (Lipinski definition) is 3. The Morgan fingerprint density at radius 2 is 1.94 bits per heavy atom. The molecule has 0 aromatic carbocycles. The summed E-state index contributed by atoms with van der Waals surface area (Å²) in [5.74, 6) is 0.147. The predicted octanol–water partition coefficient (Wildman–Crippen LogP) is 2.03. The number of carboxylic acid groups (broad SMARTS) is 1. The number of aromatic nitrogens is 3. The molecule has 1 aliphatic rings. The number of anilines is 1. The van der Waals surface area contributed by atoms with E-state index in [4.69, 9.17) is 35.0 Å². The number of fused-ring (bicyclic) bond motifs is 1. The molecule has 1 fully saturated rings. The van der Waals surface area contributed by atoms with Gasteiger partial charge in [-0.3, -0.25) is 9.59 Å². The maximum absolute atomic E-state index is 11.0. The van der Waals surface area contributed by atoms with Crippen molar-refractivity contribution < 1.29 is 34.1 Å². The van der Waals surface area contributed by atoms with Crippen molar-refractivity contribution >= 4 is 30.1 Å². The molecule has 176 valence electrons. The van der Waals surface area contributed by atoms with Crippen LogP contribution in [0.1, 0.15) is 59.3 Å². The number of nitrogens with two attached hydrogens (primary N) is 1. The Morgan fingerprint density at radius 3 is 2.45 bits per heavy atom. The molecule has 2 aromatic rings. The summed E-state index contributed by atoms with van der Waals surface area (Å²) < 4.78 is 12.9. The van der Waals surface area contributed by atoms with E-state index in [1.807, 2.05) is 32.9 Å². The normalized spacial score (nSPS) is 18.4. The lowest BCUT2D eigenvalue weighted by Crippen LogP contribution is -2.31. The van der Waals surface area contributed by atoms with Crippen LogP contribution in [-0.4, -0.2) is 62.9 Å². The summed E-state index contributed by atoms with van der Waals surface area (Å²) >= 11 is 0. The molecular weight excluding hydrogens is 408 g/mol. The fourth-order valence-electron chi connectivity index (χ4n) is 2.68. The van der Waals surface area contributed by atoms with E-state index in [1.165, 1.54) is 20.2 Å². The van der Waals surface area contributed by atoms with Gasteiger partial charge in [-0.1, -0.05) is 13.8 Å². The van der Waals surface area contributed by atoms with Crippen LogP contribution in [0.15, 0.2) is 18.5 Å². The molecule has 0 amide bonds. The van der Waals surface area contributed by atoms with Gasteiger partial charge in [-0.25, -0.2) is 9.50 Å². The van der Waals surface area contributed by atoms with Crippen molar-refractivity contribution in [3.63, 3.8) is 0 Å². The zero-order chi connectivity index (χ0) is 24.4. The zero-order valence-electron chi connectivity index (χ0n) is 18.9. The minimum Gasteiger partial charge on any atom is -0.483 e. The Balaban J connectivity index is 0.